The van der Waals surface area contributed by atoms with E-state index in [9.17, 15) is 22.4 Å². The van der Waals surface area contributed by atoms with Crippen LogP contribution in [0.3, 0.4) is 0 Å². The topological polar surface area (TPSA) is 96.0 Å². The first-order chi connectivity index (χ1) is 22.1. The second-order valence-electron chi connectivity index (χ2n) is 10.9. The molecule has 0 radical (unpaired) electrons. The molecule has 4 aromatic carbocycles. The van der Waals surface area contributed by atoms with E-state index in [-0.39, 0.29) is 47.9 Å². The number of sulfonamides is 1. The lowest BCUT2D eigenvalue weighted by atomic mass is 10.0. The Morgan fingerprint density at radius 1 is 0.826 bits per heavy atom. The molecule has 1 N–H and O–H groups in total. The molecule has 2 atom stereocenters. The van der Waals surface area contributed by atoms with Gasteiger partial charge in [-0.25, -0.2) is 12.8 Å². The molecule has 0 spiro atoms. The van der Waals surface area contributed by atoms with Crippen molar-refractivity contribution in [2.24, 2.45) is 0 Å². The van der Waals surface area contributed by atoms with Crippen molar-refractivity contribution in [3.63, 3.8) is 0 Å². The quantitative estimate of drug-likeness (QED) is 0.172. The van der Waals surface area contributed by atoms with Crippen LogP contribution < -0.4 is 14.4 Å². The highest BCUT2D eigenvalue weighted by Crippen LogP contribution is 2.33. The fourth-order valence-corrected chi connectivity index (χ4v) is 6.40. The fourth-order valence-electron chi connectivity index (χ4n) is 4.96. The van der Waals surface area contributed by atoms with Crippen molar-refractivity contribution in [2.75, 3.05) is 17.5 Å². The zero-order chi connectivity index (χ0) is 33.1. The van der Waals surface area contributed by atoms with Crippen molar-refractivity contribution in [1.29, 1.82) is 0 Å². The predicted octanol–water partition coefficient (Wildman–Crippen LogP) is 5.97. The van der Waals surface area contributed by atoms with E-state index in [1.54, 1.807) is 61.5 Å². The number of rotatable bonds is 15. The molecule has 0 saturated heterocycles. The monoisotopic (exact) mass is 645 g/mol. The number of halogens is 1. The minimum absolute atomic E-state index is 0.00506. The van der Waals surface area contributed by atoms with Crippen LogP contribution in [-0.2, 0) is 32.6 Å². The van der Waals surface area contributed by atoms with Gasteiger partial charge in [0.05, 0.1) is 17.2 Å². The SMILES string of the molecule is CCOc1ccccc1N(CC(=O)N(Cc1ccc(F)cc1)[C@H](Cc1ccccc1)C(=O)N[C@H](C)CC)S(=O)(=O)c1ccccc1. The lowest BCUT2D eigenvalue weighted by Crippen LogP contribution is -2.54. The zero-order valence-corrected chi connectivity index (χ0v) is 27.1. The van der Waals surface area contributed by atoms with Gasteiger partial charge in [0.25, 0.3) is 10.0 Å². The summed E-state index contributed by atoms with van der Waals surface area (Å²) in [4.78, 5) is 29.8. The minimum atomic E-state index is -4.27. The molecule has 10 heteroatoms. The Balaban J connectivity index is 1.83. The first kappa shape index (κ1) is 34.2. The number of amides is 2. The van der Waals surface area contributed by atoms with E-state index in [4.69, 9.17) is 4.74 Å². The van der Waals surface area contributed by atoms with E-state index in [2.05, 4.69) is 5.32 Å². The summed E-state index contributed by atoms with van der Waals surface area (Å²) in [5, 5.41) is 3.00. The molecule has 4 rings (SSSR count). The van der Waals surface area contributed by atoms with Crippen molar-refractivity contribution in [1.82, 2.24) is 10.2 Å². The van der Waals surface area contributed by atoms with Crippen LogP contribution >= 0.6 is 0 Å². The van der Waals surface area contributed by atoms with Gasteiger partial charge in [-0.2, -0.15) is 0 Å². The molecule has 0 aliphatic rings. The molecule has 4 aromatic rings. The molecule has 46 heavy (non-hydrogen) atoms. The Bertz CT molecular complexity index is 1690. The summed E-state index contributed by atoms with van der Waals surface area (Å²) in [6.45, 7) is 5.20. The van der Waals surface area contributed by atoms with Crippen molar-refractivity contribution < 1.29 is 27.1 Å². The van der Waals surface area contributed by atoms with Crippen LogP contribution in [0.2, 0.25) is 0 Å². The number of carbonyl (C=O) groups excluding carboxylic acids is 2. The number of nitrogens with one attached hydrogen (secondary N) is 1. The van der Waals surface area contributed by atoms with E-state index in [1.165, 1.54) is 29.2 Å². The van der Waals surface area contributed by atoms with Crippen molar-refractivity contribution in [2.45, 2.75) is 57.1 Å². The summed E-state index contributed by atoms with van der Waals surface area (Å²) >= 11 is 0. The third kappa shape index (κ3) is 8.72. The number of carbonyl (C=O) groups is 2. The van der Waals surface area contributed by atoms with Crippen LogP contribution in [-0.4, -0.2) is 50.4 Å². The molecule has 0 heterocycles. The van der Waals surface area contributed by atoms with Crippen LogP contribution in [0.1, 0.15) is 38.3 Å². The first-order valence-electron chi connectivity index (χ1n) is 15.3. The molecular weight excluding hydrogens is 605 g/mol. The van der Waals surface area contributed by atoms with Crippen LogP contribution in [0.5, 0.6) is 5.75 Å². The smallest absolute Gasteiger partial charge is 0.264 e. The fraction of sp³-hybridized carbons (Fsp3) is 0.278. The molecular formula is C36H40FN3O5S. The van der Waals surface area contributed by atoms with Gasteiger partial charge in [-0.1, -0.05) is 79.7 Å². The second kappa shape index (κ2) is 16.0. The molecule has 8 nitrogen and oxygen atoms in total. The van der Waals surface area contributed by atoms with Crippen molar-refractivity contribution in [3.05, 3.63) is 126 Å². The number of para-hydroxylation sites is 2. The number of ether oxygens (including phenoxy) is 1. The van der Waals surface area contributed by atoms with Crippen molar-refractivity contribution in [3.8, 4) is 5.75 Å². The molecule has 0 aliphatic carbocycles. The van der Waals surface area contributed by atoms with E-state index < -0.39 is 34.3 Å². The number of benzene rings is 4. The van der Waals surface area contributed by atoms with E-state index in [1.807, 2.05) is 44.2 Å². The summed E-state index contributed by atoms with van der Waals surface area (Å²) in [5.41, 5.74) is 1.59. The number of nitrogens with zero attached hydrogens (tertiary/aromatic N) is 2. The Morgan fingerprint density at radius 2 is 1.43 bits per heavy atom. The highest BCUT2D eigenvalue weighted by molar-refractivity contribution is 7.92. The largest absolute Gasteiger partial charge is 0.492 e. The minimum Gasteiger partial charge on any atom is -0.492 e. The molecule has 0 bridgehead atoms. The van der Waals surface area contributed by atoms with Gasteiger partial charge >= 0.3 is 0 Å². The lowest BCUT2D eigenvalue weighted by molar-refractivity contribution is -0.140. The number of hydrogen-bond donors (Lipinski definition) is 1. The average Bonchev–Trinajstić information content (AvgIpc) is 3.07. The van der Waals surface area contributed by atoms with Crippen LogP contribution in [0.25, 0.3) is 0 Å². The van der Waals surface area contributed by atoms with E-state index >= 15 is 0 Å². The zero-order valence-electron chi connectivity index (χ0n) is 26.3. The standard InChI is InChI=1S/C36H40FN3O5S/c1-4-27(3)38-36(42)33(24-28-14-8-6-9-15-28)39(25-29-20-22-30(37)23-21-29)35(41)26-40(32-18-12-13-19-34(32)45-5-2)46(43,44)31-16-10-7-11-17-31/h6-23,27,33H,4-5,24-26H2,1-3H3,(H,38,42)/t27-,33-/m1/s1. The van der Waals surface area contributed by atoms with E-state index in [0.717, 1.165) is 9.87 Å². The summed E-state index contributed by atoms with van der Waals surface area (Å²) in [7, 11) is -4.27. The molecule has 0 saturated carbocycles. The van der Waals surface area contributed by atoms with Gasteiger partial charge < -0.3 is 15.0 Å². The lowest BCUT2D eigenvalue weighted by Gasteiger charge is -2.34. The normalized spacial score (nSPS) is 12.5. The van der Waals surface area contributed by atoms with Gasteiger partial charge in [0, 0.05) is 19.0 Å². The van der Waals surface area contributed by atoms with Crippen LogP contribution in [0, 0.1) is 5.82 Å². The molecule has 0 aromatic heterocycles. The summed E-state index contributed by atoms with van der Waals surface area (Å²) in [5.74, 6) is -1.14. The molecule has 2 amide bonds. The summed E-state index contributed by atoms with van der Waals surface area (Å²) in [6.07, 6.45) is 0.851. The maximum absolute atomic E-state index is 14.6. The Morgan fingerprint density at radius 3 is 2.07 bits per heavy atom. The summed E-state index contributed by atoms with van der Waals surface area (Å²) < 4.78 is 49.1. The molecule has 0 unspecified atom stereocenters. The predicted molar refractivity (Wildman–Crippen MR) is 177 cm³/mol. The average molecular weight is 646 g/mol. The summed E-state index contributed by atoms with van der Waals surface area (Å²) in [6, 6.07) is 28.3. The third-order valence-corrected chi connectivity index (χ3v) is 9.36. The second-order valence-corrected chi connectivity index (χ2v) is 12.8. The highest BCUT2D eigenvalue weighted by Gasteiger charge is 2.35. The number of anilines is 1. The first-order valence-corrected chi connectivity index (χ1v) is 16.8. The Hall–Kier alpha value is -4.70. The Labute approximate surface area is 270 Å². The van der Waals surface area contributed by atoms with E-state index in [0.29, 0.717) is 12.0 Å². The third-order valence-electron chi connectivity index (χ3n) is 7.58. The van der Waals surface area contributed by atoms with Crippen LogP contribution in [0.4, 0.5) is 10.1 Å². The van der Waals surface area contributed by atoms with Crippen molar-refractivity contribution >= 4 is 27.5 Å². The van der Waals surface area contributed by atoms with Gasteiger partial charge in [-0.05, 0) is 67.8 Å². The highest BCUT2D eigenvalue weighted by atomic mass is 32.2. The van der Waals surface area contributed by atoms with Gasteiger partial charge in [0.1, 0.15) is 24.2 Å². The van der Waals surface area contributed by atoms with Gasteiger partial charge in [-0.3, -0.25) is 13.9 Å². The van der Waals surface area contributed by atoms with Crippen LogP contribution in [0.15, 0.2) is 114 Å². The number of hydrogen-bond acceptors (Lipinski definition) is 5. The maximum atomic E-state index is 14.6. The molecule has 0 fully saturated rings. The van der Waals surface area contributed by atoms with Gasteiger partial charge in [0.2, 0.25) is 11.8 Å². The maximum Gasteiger partial charge on any atom is 0.264 e. The molecule has 0 aliphatic heterocycles. The molecule has 242 valence electrons. The Kier molecular flexibility index (Phi) is 11.9. The van der Waals surface area contributed by atoms with Gasteiger partial charge in [0.15, 0.2) is 0 Å². The van der Waals surface area contributed by atoms with Gasteiger partial charge in [-0.15, -0.1) is 0 Å².